The maximum atomic E-state index is 6.13. The molecule has 0 saturated heterocycles. The number of benzene rings is 1. The Hall–Kier alpha value is -0.160. The number of rotatable bonds is 3. The number of thiophene rings is 1. The van der Waals surface area contributed by atoms with Crippen LogP contribution in [0.4, 0.5) is 0 Å². The fourth-order valence-corrected chi connectivity index (χ4v) is 5.68. The van der Waals surface area contributed by atoms with Gasteiger partial charge in [-0.05, 0) is 42.0 Å². The van der Waals surface area contributed by atoms with Gasteiger partial charge in [-0.1, -0.05) is 27.5 Å². The number of hydrogen-bond acceptors (Lipinski definition) is 3. The molecule has 20 heavy (non-hydrogen) atoms. The van der Waals surface area contributed by atoms with E-state index in [9.17, 15) is 0 Å². The molecule has 2 heterocycles. The number of halogens is 2. The van der Waals surface area contributed by atoms with Crippen molar-refractivity contribution in [2.75, 3.05) is 12.9 Å². The fraction of sp³-hybridized carbons (Fsp3) is 0.333. The summed E-state index contributed by atoms with van der Waals surface area (Å²) in [7, 11) is 1.70. The maximum absolute atomic E-state index is 6.13. The van der Waals surface area contributed by atoms with Gasteiger partial charge >= 0.3 is 0 Å². The van der Waals surface area contributed by atoms with Gasteiger partial charge in [0.05, 0.1) is 11.9 Å². The van der Waals surface area contributed by atoms with Crippen molar-refractivity contribution in [3.8, 4) is 5.75 Å². The molecule has 0 amide bonds. The lowest BCUT2D eigenvalue weighted by Gasteiger charge is -2.13. The van der Waals surface area contributed by atoms with E-state index < -0.39 is 0 Å². The molecule has 1 aromatic heterocycles. The maximum Gasteiger partial charge on any atom is 0.123 e. The zero-order valence-electron chi connectivity index (χ0n) is 11.0. The number of aryl methyl sites for hydroxylation is 1. The first-order valence-corrected chi connectivity index (χ1v) is 9.62. The molecule has 3 rings (SSSR count). The summed E-state index contributed by atoms with van der Waals surface area (Å²) in [5.41, 5.74) is 2.58. The highest BCUT2D eigenvalue weighted by Gasteiger charge is 2.21. The average Bonchev–Trinajstić information content (AvgIpc) is 2.90. The van der Waals surface area contributed by atoms with Crippen LogP contribution in [0, 0.1) is 0 Å². The number of alkyl halides is 1. The van der Waals surface area contributed by atoms with E-state index in [4.69, 9.17) is 16.3 Å². The zero-order valence-corrected chi connectivity index (χ0v) is 15.0. The highest BCUT2D eigenvalue weighted by atomic mass is 79.9. The van der Waals surface area contributed by atoms with Gasteiger partial charge < -0.3 is 4.74 Å². The number of methoxy groups -OCH3 is 1. The molecule has 0 N–H and O–H groups in total. The van der Waals surface area contributed by atoms with E-state index in [1.165, 1.54) is 27.5 Å². The Kier molecular flexibility index (Phi) is 4.65. The van der Waals surface area contributed by atoms with Gasteiger partial charge in [0.25, 0.3) is 0 Å². The van der Waals surface area contributed by atoms with Gasteiger partial charge in [-0.2, -0.15) is 11.8 Å². The highest BCUT2D eigenvalue weighted by molar-refractivity contribution is 9.09. The van der Waals surface area contributed by atoms with Gasteiger partial charge in [0.1, 0.15) is 5.75 Å². The molecule has 0 saturated carbocycles. The third-order valence-corrected chi connectivity index (χ3v) is 7.20. The topological polar surface area (TPSA) is 9.23 Å². The van der Waals surface area contributed by atoms with Crippen LogP contribution in [0.2, 0.25) is 5.02 Å². The summed E-state index contributed by atoms with van der Waals surface area (Å²) in [5, 5.41) is 0.738. The molecule has 2 aromatic rings. The molecule has 0 spiro atoms. The number of hydrogen-bond donors (Lipinski definition) is 0. The summed E-state index contributed by atoms with van der Waals surface area (Å²) in [6.07, 6.45) is 1.19. The molecule has 1 aromatic carbocycles. The summed E-state index contributed by atoms with van der Waals surface area (Å²) < 4.78 is 5.46. The van der Waals surface area contributed by atoms with Crippen LogP contribution >= 0.6 is 50.6 Å². The van der Waals surface area contributed by atoms with E-state index in [1.807, 2.05) is 41.3 Å². The Morgan fingerprint density at radius 3 is 2.95 bits per heavy atom. The molecule has 5 heteroatoms. The molecular formula is C15H14BrClOS2. The molecule has 1 nitrogen and oxygen atoms in total. The van der Waals surface area contributed by atoms with Gasteiger partial charge in [0.15, 0.2) is 0 Å². The predicted octanol–water partition coefficient (Wildman–Crippen LogP) is 5.68. The van der Waals surface area contributed by atoms with Crippen molar-refractivity contribution >= 4 is 50.6 Å². The summed E-state index contributed by atoms with van der Waals surface area (Å²) in [6, 6.07) is 8.09. The molecule has 106 valence electrons. The minimum absolute atomic E-state index is 0.136. The van der Waals surface area contributed by atoms with Crippen LogP contribution in [-0.4, -0.2) is 12.9 Å². The smallest absolute Gasteiger partial charge is 0.123 e. The molecule has 0 radical (unpaired) electrons. The van der Waals surface area contributed by atoms with Crippen molar-refractivity contribution in [2.45, 2.75) is 17.0 Å². The van der Waals surface area contributed by atoms with Crippen molar-refractivity contribution in [2.24, 2.45) is 0 Å². The molecule has 0 fully saturated rings. The molecule has 0 aliphatic carbocycles. The third-order valence-electron chi connectivity index (χ3n) is 3.36. The molecular weight excluding hydrogens is 376 g/mol. The standard InChI is InChI=1S/C15H14BrClOS2/c1-18-12-3-2-10(17)7-11(12)15(16)14-6-9-8-19-5-4-13(9)20-14/h2-3,6-7,15H,4-5,8H2,1H3. The van der Waals surface area contributed by atoms with Gasteiger partial charge in [-0.15, -0.1) is 11.3 Å². The largest absolute Gasteiger partial charge is 0.496 e. The average molecular weight is 390 g/mol. The molecule has 1 aliphatic rings. The summed E-state index contributed by atoms with van der Waals surface area (Å²) >= 11 is 13.9. The minimum atomic E-state index is 0.136. The first kappa shape index (κ1) is 14.8. The van der Waals surface area contributed by atoms with Crippen molar-refractivity contribution in [3.05, 3.63) is 50.2 Å². The lowest BCUT2D eigenvalue weighted by atomic mass is 10.1. The van der Waals surface area contributed by atoms with Gasteiger partial charge in [-0.25, -0.2) is 0 Å². The van der Waals surface area contributed by atoms with Crippen molar-refractivity contribution in [1.29, 1.82) is 0 Å². The summed E-state index contributed by atoms with van der Waals surface area (Å²) in [4.78, 5) is 3.00. The van der Waals surface area contributed by atoms with E-state index in [0.29, 0.717) is 0 Å². The summed E-state index contributed by atoms with van der Waals surface area (Å²) in [5.74, 6) is 3.25. The number of fused-ring (bicyclic) bond motifs is 1. The molecule has 1 atom stereocenters. The molecule has 1 aliphatic heterocycles. The van der Waals surface area contributed by atoms with Crippen LogP contribution in [0.15, 0.2) is 24.3 Å². The monoisotopic (exact) mass is 388 g/mol. The van der Waals surface area contributed by atoms with Crippen LogP contribution in [0.5, 0.6) is 5.75 Å². The Morgan fingerprint density at radius 2 is 2.20 bits per heavy atom. The van der Waals surface area contributed by atoms with Crippen molar-refractivity contribution < 1.29 is 4.74 Å². The SMILES string of the molecule is COc1ccc(Cl)cc1C(Br)c1cc2c(s1)CCSC2. The predicted molar refractivity (Wildman–Crippen MR) is 93.0 cm³/mol. The van der Waals surface area contributed by atoms with E-state index >= 15 is 0 Å². The van der Waals surface area contributed by atoms with E-state index in [1.54, 1.807) is 7.11 Å². The lowest BCUT2D eigenvalue weighted by molar-refractivity contribution is 0.410. The van der Waals surface area contributed by atoms with E-state index in [2.05, 4.69) is 22.0 Å². The second-order valence-corrected chi connectivity index (χ2v) is 8.27. The quantitative estimate of drug-likeness (QED) is 0.624. The second-order valence-electron chi connectivity index (χ2n) is 4.65. The van der Waals surface area contributed by atoms with Crippen LogP contribution in [-0.2, 0) is 12.2 Å². The van der Waals surface area contributed by atoms with Crippen LogP contribution < -0.4 is 4.74 Å². The number of thioether (sulfide) groups is 1. The second kappa shape index (κ2) is 6.30. The first-order valence-electron chi connectivity index (χ1n) is 6.36. The van der Waals surface area contributed by atoms with Gasteiger partial charge in [0.2, 0.25) is 0 Å². The number of ether oxygens (including phenoxy) is 1. The fourth-order valence-electron chi connectivity index (χ4n) is 2.35. The van der Waals surface area contributed by atoms with E-state index in [-0.39, 0.29) is 4.83 Å². The first-order chi connectivity index (χ1) is 9.69. The van der Waals surface area contributed by atoms with E-state index in [0.717, 1.165) is 22.1 Å². The highest BCUT2D eigenvalue weighted by Crippen LogP contribution is 2.43. The minimum Gasteiger partial charge on any atom is -0.496 e. The zero-order chi connectivity index (χ0) is 14.1. The Balaban J connectivity index is 1.97. The Morgan fingerprint density at radius 1 is 1.35 bits per heavy atom. The van der Waals surface area contributed by atoms with Gasteiger partial charge in [-0.3, -0.25) is 0 Å². The molecule has 0 bridgehead atoms. The Labute approximate surface area is 140 Å². The molecule has 1 unspecified atom stereocenters. The van der Waals surface area contributed by atoms with Gasteiger partial charge in [0, 0.05) is 26.1 Å². The Bertz CT molecular complexity index is 603. The van der Waals surface area contributed by atoms with Crippen LogP contribution in [0.1, 0.15) is 25.7 Å². The van der Waals surface area contributed by atoms with Crippen molar-refractivity contribution in [1.82, 2.24) is 0 Å². The third kappa shape index (κ3) is 2.89. The summed E-state index contributed by atoms with van der Waals surface area (Å²) in [6.45, 7) is 0. The van der Waals surface area contributed by atoms with Crippen LogP contribution in [0.3, 0.4) is 0 Å². The normalized spacial score (nSPS) is 15.8. The van der Waals surface area contributed by atoms with Crippen LogP contribution in [0.25, 0.3) is 0 Å². The lowest BCUT2D eigenvalue weighted by Crippen LogP contribution is -1.96. The van der Waals surface area contributed by atoms with Crippen molar-refractivity contribution in [3.63, 3.8) is 0 Å².